The fourth-order valence-corrected chi connectivity index (χ4v) is 4.09. The molecule has 4 nitrogen and oxygen atoms in total. The second-order valence-corrected chi connectivity index (χ2v) is 6.36. The number of amides is 1. The Morgan fingerprint density at radius 1 is 1.29 bits per heavy atom. The smallest absolute Gasteiger partial charge is 0.241 e. The molecule has 5 atom stereocenters. The van der Waals surface area contributed by atoms with Crippen molar-refractivity contribution in [2.75, 3.05) is 0 Å². The highest BCUT2D eigenvalue weighted by molar-refractivity contribution is 5.85. The van der Waals surface area contributed by atoms with E-state index in [1.807, 2.05) is 18.2 Å². The molecule has 1 aromatic carbocycles. The van der Waals surface area contributed by atoms with Gasteiger partial charge in [0.05, 0.1) is 24.3 Å². The Hall–Kier alpha value is -1.39. The van der Waals surface area contributed by atoms with Gasteiger partial charge in [-0.25, -0.2) is 0 Å². The van der Waals surface area contributed by atoms with Crippen LogP contribution in [0.4, 0.5) is 0 Å². The highest BCUT2D eigenvalue weighted by Crippen LogP contribution is 2.41. The van der Waals surface area contributed by atoms with E-state index in [2.05, 4.69) is 29.3 Å². The molecule has 0 saturated carbocycles. The average Bonchev–Trinajstić information content (AvgIpc) is 3.21. The second-order valence-electron chi connectivity index (χ2n) is 6.36. The van der Waals surface area contributed by atoms with Crippen LogP contribution in [0.2, 0.25) is 0 Å². The van der Waals surface area contributed by atoms with Crippen LogP contribution in [-0.2, 0) is 9.53 Å². The van der Waals surface area contributed by atoms with Crippen LogP contribution in [0, 0.1) is 0 Å². The van der Waals surface area contributed by atoms with Crippen molar-refractivity contribution in [1.82, 2.24) is 10.2 Å². The fraction of sp³-hybridized carbons (Fsp3) is 0.588. The van der Waals surface area contributed by atoms with Gasteiger partial charge in [0, 0.05) is 0 Å². The minimum Gasteiger partial charge on any atom is -0.373 e. The summed E-state index contributed by atoms with van der Waals surface area (Å²) in [5.74, 6) is 0.243. The van der Waals surface area contributed by atoms with Crippen LogP contribution >= 0.6 is 0 Å². The van der Waals surface area contributed by atoms with E-state index >= 15 is 0 Å². The highest BCUT2D eigenvalue weighted by atomic mass is 16.5. The van der Waals surface area contributed by atoms with Crippen molar-refractivity contribution in [2.24, 2.45) is 0 Å². The zero-order chi connectivity index (χ0) is 14.4. The van der Waals surface area contributed by atoms with Gasteiger partial charge in [0.25, 0.3) is 0 Å². The third kappa shape index (κ3) is 2.09. The van der Waals surface area contributed by atoms with E-state index in [0.717, 1.165) is 25.7 Å². The van der Waals surface area contributed by atoms with Gasteiger partial charge < -0.3 is 9.64 Å². The predicted octanol–water partition coefficient (Wildman–Crippen LogP) is 2.22. The number of hydrogen-bond acceptors (Lipinski definition) is 3. The maximum absolute atomic E-state index is 12.8. The molecule has 1 amide bonds. The lowest BCUT2D eigenvalue weighted by Crippen LogP contribution is -2.45. The van der Waals surface area contributed by atoms with E-state index < -0.39 is 0 Å². The predicted molar refractivity (Wildman–Crippen MR) is 79.5 cm³/mol. The molecule has 3 fully saturated rings. The maximum atomic E-state index is 12.8. The SMILES string of the molecule is CCC1NC(c2ccccc2)N(C2CC3CCC2O3)C1=O. The Morgan fingerprint density at radius 3 is 2.71 bits per heavy atom. The van der Waals surface area contributed by atoms with Gasteiger partial charge in [0.15, 0.2) is 0 Å². The average molecular weight is 286 g/mol. The lowest BCUT2D eigenvalue weighted by molar-refractivity contribution is -0.133. The Morgan fingerprint density at radius 2 is 2.10 bits per heavy atom. The lowest BCUT2D eigenvalue weighted by Gasteiger charge is -2.34. The van der Waals surface area contributed by atoms with Gasteiger partial charge in [0.2, 0.25) is 5.91 Å². The Labute approximate surface area is 125 Å². The van der Waals surface area contributed by atoms with Crippen molar-refractivity contribution in [3.05, 3.63) is 35.9 Å². The summed E-state index contributed by atoms with van der Waals surface area (Å²) in [7, 11) is 0. The summed E-state index contributed by atoms with van der Waals surface area (Å²) in [6, 6.07) is 10.5. The van der Waals surface area contributed by atoms with Crippen molar-refractivity contribution in [1.29, 1.82) is 0 Å². The molecule has 3 saturated heterocycles. The third-order valence-electron chi connectivity index (χ3n) is 5.14. The Kier molecular flexibility index (Phi) is 3.23. The number of fused-ring (bicyclic) bond motifs is 2. The maximum Gasteiger partial charge on any atom is 0.241 e. The van der Waals surface area contributed by atoms with Crippen molar-refractivity contribution in [2.45, 2.75) is 63.1 Å². The van der Waals surface area contributed by atoms with Gasteiger partial charge in [-0.3, -0.25) is 10.1 Å². The number of nitrogens with one attached hydrogen (secondary N) is 1. The first kappa shape index (κ1) is 13.3. The van der Waals surface area contributed by atoms with Crippen molar-refractivity contribution in [3.8, 4) is 0 Å². The normalized spacial score (nSPS) is 38.4. The van der Waals surface area contributed by atoms with Crippen molar-refractivity contribution >= 4 is 5.91 Å². The van der Waals surface area contributed by atoms with Crippen LogP contribution in [-0.4, -0.2) is 35.1 Å². The van der Waals surface area contributed by atoms with E-state index in [1.54, 1.807) is 0 Å². The molecule has 2 bridgehead atoms. The van der Waals surface area contributed by atoms with E-state index in [1.165, 1.54) is 5.56 Å². The van der Waals surface area contributed by atoms with Crippen LogP contribution in [0.1, 0.15) is 44.3 Å². The molecule has 1 N–H and O–H groups in total. The van der Waals surface area contributed by atoms with Crippen LogP contribution in [0.25, 0.3) is 0 Å². The molecule has 4 heteroatoms. The molecule has 1 aromatic rings. The van der Waals surface area contributed by atoms with E-state index in [9.17, 15) is 4.79 Å². The molecule has 3 heterocycles. The highest BCUT2D eigenvalue weighted by Gasteiger charge is 2.50. The Balaban J connectivity index is 1.66. The monoisotopic (exact) mass is 286 g/mol. The van der Waals surface area contributed by atoms with Crippen molar-refractivity contribution < 1.29 is 9.53 Å². The van der Waals surface area contributed by atoms with Gasteiger partial charge in [-0.15, -0.1) is 0 Å². The summed E-state index contributed by atoms with van der Waals surface area (Å²) in [6.45, 7) is 2.07. The molecule has 0 spiro atoms. The first-order valence-corrected chi connectivity index (χ1v) is 8.06. The number of nitrogens with zero attached hydrogens (tertiary/aromatic N) is 1. The molecule has 21 heavy (non-hydrogen) atoms. The summed E-state index contributed by atoms with van der Waals surface area (Å²) < 4.78 is 5.98. The summed E-state index contributed by atoms with van der Waals surface area (Å²) in [5.41, 5.74) is 1.17. The van der Waals surface area contributed by atoms with Gasteiger partial charge in [-0.2, -0.15) is 0 Å². The molecule has 0 aliphatic carbocycles. The van der Waals surface area contributed by atoms with Crippen LogP contribution in [0.15, 0.2) is 30.3 Å². The van der Waals surface area contributed by atoms with E-state index in [-0.39, 0.29) is 30.3 Å². The van der Waals surface area contributed by atoms with Gasteiger partial charge in [-0.05, 0) is 31.2 Å². The molecule has 112 valence electrons. The number of ether oxygens (including phenoxy) is 1. The molecular weight excluding hydrogens is 264 g/mol. The molecule has 3 aliphatic rings. The zero-order valence-corrected chi connectivity index (χ0v) is 12.4. The Bertz CT molecular complexity index is 533. The number of benzene rings is 1. The summed E-state index contributed by atoms with van der Waals surface area (Å²) >= 11 is 0. The van der Waals surface area contributed by atoms with Crippen LogP contribution < -0.4 is 5.32 Å². The number of carbonyl (C=O) groups excluding carboxylic acids is 1. The van der Waals surface area contributed by atoms with Gasteiger partial charge >= 0.3 is 0 Å². The number of rotatable bonds is 3. The molecule has 0 radical (unpaired) electrons. The quantitative estimate of drug-likeness (QED) is 0.926. The number of carbonyl (C=O) groups is 1. The van der Waals surface area contributed by atoms with Gasteiger partial charge in [-0.1, -0.05) is 37.3 Å². The largest absolute Gasteiger partial charge is 0.373 e. The van der Waals surface area contributed by atoms with E-state index in [4.69, 9.17) is 4.74 Å². The third-order valence-corrected chi connectivity index (χ3v) is 5.14. The molecule has 3 aliphatic heterocycles. The summed E-state index contributed by atoms with van der Waals surface area (Å²) in [6.07, 6.45) is 4.68. The summed E-state index contributed by atoms with van der Waals surface area (Å²) in [4.78, 5) is 14.9. The summed E-state index contributed by atoms with van der Waals surface area (Å²) in [5, 5.41) is 3.51. The first-order valence-electron chi connectivity index (χ1n) is 8.06. The molecule has 5 unspecified atom stereocenters. The van der Waals surface area contributed by atoms with Crippen LogP contribution in [0.3, 0.4) is 0 Å². The molecule has 4 rings (SSSR count). The second kappa shape index (κ2) is 5.11. The topological polar surface area (TPSA) is 41.6 Å². The first-order chi connectivity index (χ1) is 10.3. The molecular formula is C17H22N2O2. The molecule has 0 aromatic heterocycles. The lowest BCUT2D eigenvalue weighted by atomic mass is 9.93. The zero-order valence-electron chi connectivity index (χ0n) is 12.4. The van der Waals surface area contributed by atoms with E-state index in [0.29, 0.717) is 6.10 Å². The van der Waals surface area contributed by atoms with Gasteiger partial charge in [0.1, 0.15) is 6.17 Å². The minimum absolute atomic E-state index is 0.00315. The number of hydrogen-bond donors (Lipinski definition) is 1. The van der Waals surface area contributed by atoms with Crippen molar-refractivity contribution in [3.63, 3.8) is 0 Å². The minimum atomic E-state index is -0.0608. The fourth-order valence-electron chi connectivity index (χ4n) is 4.09. The van der Waals surface area contributed by atoms with Crippen LogP contribution in [0.5, 0.6) is 0 Å². The standard InChI is InChI=1S/C17H22N2O2/c1-2-13-17(20)19(14-10-12-8-9-15(14)21-12)16(18-13)11-6-4-3-5-7-11/h3-7,12-16,18H,2,8-10H2,1H3.